The third-order valence-corrected chi connectivity index (χ3v) is 4.68. The van der Waals surface area contributed by atoms with Crippen molar-refractivity contribution in [3.8, 4) is 0 Å². The first-order valence-electron chi connectivity index (χ1n) is 10.8. The van der Waals surface area contributed by atoms with Crippen molar-refractivity contribution in [1.29, 1.82) is 0 Å². The van der Waals surface area contributed by atoms with Crippen molar-refractivity contribution in [3.63, 3.8) is 0 Å². The van der Waals surface area contributed by atoms with Gasteiger partial charge in [-0.2, -0.15) is 0 Å². The average molecular weight is 482 g/mol. The fourth-order valence-corrected chi connectivity index (χ4v) is 2.94. The topological polar surface area (TPSA) is 102 Å². The summed E-state index contributed by atoms with van der Waals surface area (Å²) >= 11 is 0. The van der Waals surface area contributed by atoms with Crippen molar-refractivity contribution in [2.75, 3.05) is 0 Å². The molecule has 0 spiro atoms. The van der Waals surface area contributed by atoms with Crippen molar-refractivity contribution >= 4 is 34.7 Å². The maximum Gasteiger partial charge on any atom is 0.140 e. The smallest absolute Gasteiger partial charge is 0.140 e. The Morgan fingerprint density at radius 3 is 0.581 bits per heavy atom. The van der Waals surface area contributed by atoms with Crippen LogP contribution in [0, 0.1) is 17.8 Å². The Morgan fingerprint density at radius 2 is 0.548 bits per heavy atom. The Morgan fingerprint density at radius 1 is 0.419 bits per heavy atom. The van der Waals surface area contributed by atoms with Crippen LogP contribution in [0.5, 0.6) is 0 Å². The van der Waals surface area contributed by atoms with Crippen molar-refractivity contribution in [2.24, 2.45) is 17.8 Å². The van der Waals surface area contributed by atoms with E-state index in [1.54, 1.807) is 0 Å². The van der Waals surface area contributed by atoms with Crippen LogP contribution in [-0.2, 0) is 45.8 Å². The maximum atomic E-state index is 10.8. The molecule has 0 N–H and O–H groups in total. The van der Waals surface area contributed by atoms with Gasteiger partial charge in [-0.05, 0) is 60.8 Å². The Labute approximate surface area is 199 Å². The fourth-order valence-electron chi connectivity index (χ4n) is 2.94. The Balaban J connectivity index is -0.000000174. The second-order valence-corrected chi connectivity index (χ2v) is 7.69. The van der Waals surface area contributed by atoms with E-state index in [9.17, 15) is 28.8 Å². The predicted octanol–water partition coefficient (Wildman–Crippen LogP) is 4.74. The summed E-state index contributed by atoms with van der Waals surface area (Å²) in [5.74, 6) is -1.06. The van der Waals surface area contributed by atoms with Crippen LogP contribution in [0.1, 0.15) is 101 Å². The average Bonchev–Trinajstić information content (AvgIpc) is 2.61. The molecule has 0 saturated heterocycles. The molecule has 0 fully saturated rings. The zero-order valence-corrected chi connectivity index (χ0v) is 21.9. The largest absolute Gasteiger partial charge is 0.299 e. The van der Waals surface area contributed by atoms with Crippen molar-refractivity contribution in [1.82, 2.24) is 0 Å². The summed E-state index contributed by atoms with van der Waals surface area (Å²) in [6, 6.07) is 0. The van der Waals surface area contributed by atoms with Gasteiger partial charge in [0.05, 0.1) is 17.8 Å². The van der Waals surface area contributed by atoms with Gasteiger partial charge in [0.25, 0.3) is 0 Å². The molecule has 182 valence electrons. The van der Waals surface area contributed by atoms with Gasteiger partial charge in [-0.3, -0.25) is 28.8 Å². The second-order valence-electron chi connectivity index (χ2n) is 7.69. The van der Waals surface area contributed by atoms with E-state index in [1.807, 2.05) is 20.8 Å². The first-order chi connectivity index (χ1) is 13.8. The quantitative estimate of drug-likeness (QED) is 0.294. The van der Waals surface area contributed by atoms with Crippen LogP contribution in [-0.4, -0.2) is 34.7 Å². The van der Waals surface area contributed by atoms with Gasteiger partial charge < -0.3 is 0 Å². The molecule has 0 saturated carbocycles. The van der Waals surface area contributed by atoms with E-state index in [1.165, 1.54) is 41.5 Å². The van der Waals surface area contributed by atoms with Crippen LogP contribution in [0.2, 0.25) is 0 Å². The molecule has 0 rings (SSSR count). The number of carbonyl (C=O) groups excluding carboxylic acids is 6. The molecule has 0 unspecified atom stereocenters. The van der Waals surface area contributed by atoms with E-state index in [-0.39, 0.29) is 69.5 Å². The van der Waals surface area contributed by atoms with Crippen LogP contribution in [0.15, 0.2) is 0 Å². The minimum atomic E-state index is -0.343. The minimum absolute atomic E-state index is 0. The summed E-state index contributed by atoms with van der Waals surface area (Å²) < 4.78 is 0. The zero-order valence-electron chi connectivity index (χ0n) is 20.8. The molecule has 0 aromatic carbocycles. The van der Waals surface area contributed by atoms with Crippen LogP contribution in [0.3, 0.4) is 0 Å². The number of Topliss-reactive ketones (excluding diaryl/α,β-unsaturated/α-hetero) is 6. The molecule has 0 amide bonds. The van der Waals surface area contributed by atoms with Crippen LogP contribution in [0.25, 0.3) is 0 Å². The number of hydrogen-bond acceptors (Lipinski definition) is 6. The molecule has 0 radical (unpaired) electrons. The number of rotatable bonds is 12. The Kier molecular flexibility index (Phi) is 25.9. The molecule has 0 atom stereocenters. The van der Waals surface area contributed by atoms with Gasteiger partial charge in [-0.15, -0.1) is 0 Å². The Hall–Kier alpha value is -1.46. The van der Waals surface area contributed by atoms with Gasteiger partial charge in [0, 0.05) is 17.1 Å². The van der Waals surface area contributed by atoms with E-state index in [0.29, 0.717) is 19.3 Å². The maximum absolute atomic E-state index is 10.8. The molecule has 0 aromatic rings. The van der Waals surface area contributed by atoms with E-state index >= 15 is 0 Å². The third-order valence-electron chi connectivity index (χ3n) is 4.68. The first kappa shape index (κ1) is 36.9. The normalized spacial score (nSPS) is 9.68. The van der Waals surface area contributed by atoms with Crippen LogP contribution in [0.4, 0.5) is 0 Å². The van der Waals surface area contributed by atoms with Gasteiger partial charge in [0.15, 0.2) is 0 Å². The van der Waals surface area contributed by atoms with Crippen molar-refractivity contribution in [2.45, 2.75) is 101 Å². The Bertz CT molecular complexity index is 460. The fraction of sp³-hybridized carbons (Fsp3) is 0.750. The molecule has 0 heterocycles. The SMILES string of the molecule is CCCC(C(C)=O)C(C)=O.CCCC(C(C)=O)C(C)=O.CCCC(C(C)=O)C(C)=O.[Fe]. The van der Waals surface area contributed by atoms with Crippen LogP contribution < -0.4 is 0 Å². The summed E-state index contributed by atoms with van der Waals surface area (Å²) in [6.07, 6.45) is 4.78. The third kappa shape index (κ3) is 20.2. The summed E-state index contributed by atoms with van der Waals surface area (Å²) in [6.45, 7) is 14.8. The summed E-state index contributed by atoms with van der Waals surface area (Å²) in [7, 11) is 0. The standard InChI is InChI=1S/3C8H14O2.Fe/c3*1-4-5-8(6(2)9)7(3)10;/h3*8H,4-5H2,1-3H3;. The summed E-state index contributed by atoms with van der Waals surface area (Å²) in [5.41, 5.74) is 0. The molecule has 6 nitrogen and oxygen atoms in total. The number of carbonyl (C=O) groups is 6. The molecule has 0 aromatic heterocycles. The molecule has 31 heavy (non-hydrogen) atoms. The van der Waals surface area contributed by atoms with Gasteiger partial charge >= 0.3 is 0 Å². The minimum Gasteiger partial charge on any atom is -0.299 e. The van der Waals surface area contributed by atoms with E-state index in [2.05, 4.69) is 0 Å². The molecule has 0 aliphatic carbocycles. The zero-order chi connectivity index (χ0) is 24.4. The second kappa shape index (κ2) is 21.8. The number of ketones is 6. The van der Waals surface area contributed by atoms with Crippen molar-refractivity contribution in [3.05, 3.63) is 0 Å². The van der Waals surface area contributed by atoms with Gasteiger partial charge in [0.1, 0.15) is 34.7 Å². The van der Waals surface area contributed by atoms with E-state index in [0.717, 1.165) is 19.3 Å². The summed E-state index contributed by atoms with van der Waals surface area (Å²) in [5, 5.41) is 0. The molecule has 0 bridgehead atoms. The summed E-state index contributed by atoms with van der Waals surface area (Å²) in [4.78, 5) is 64.5. The molecular formula is C24H42FeO6. The molecule has 0 aliphatic heterocycles. The van der Waals surface area contributed by atoms with E-state index in [4.69, 9.17) is 0 Å². The van der Waals surface area contributed by atoms with E-state index < -0.39 is 0 Å². The predicted molar refractivity (Wildman–Crippen MR) is 119 cm³/mol. The van der Waals surface area contributed by atoms with Gasteiger partial charge in [0.2, 0.25) is 0 Å². The van der Waals surface area contributed by atoms with Gasteiger partial charge in [-0.25, -0.2) is 0 Å². The van der Waals surface area contributed by atoms with Crippen LogP contribution >= 0.6 is 0 Å². The molecule has 7 heteroatoms. The van der Waals surface area contributed by atoms with Gasteiger partial charge in [-0.1, -0.05) is 40.0 Å². The molecule has 0 aliphatic rings. The van der Waals surface area contributed by atoms with Crippen molar-refractivity contribution < 1.29 is 45.8 Å². The monoisotopic (exact) mass is 482 g/mol. The first-order valence-corrected chi connectivity index (χ1v) is 10.8. The number of hydrogen-bond donors (Lipinski definition) is 0. The molecular weight excluding hydrogens is 440 g/mol.